The Morgan fingerprint density at radius 3 is 2.39 bits per heavy atom. The van der Waals surface area contributed by atoms with Crippen molar-refractivity contribution < 1.29 is 4.79 Å². The van der Waals surface area contributed by atoms with Crippen molar-refractivity contribution in [1.82, 2.24) is 0 Å². The summed E-state index contributed by atoms with van der Waals surface area (Å²) in [5, 5.41) is 15.0. The number of nitriles is 1. The Labute approximate surface area is 141 Å². The van der Waals surface area contributed by atoms with Crippen molar-refractivity contribution in [2.75, 3.05) is 17.2 Å². The average Bonchev–Trinajstić information content (AvgIpc) is 2.53. The number of carbonyl (C=O) groups is 1. The SMILES string of the molecule is CC(C)c1ccc(NCC(=O)Nc2ccc(C#N)c(Cl)c2)cc1. The van der Waals surface area contributed by atoms with Crippen LogP contribution in [0, 0.1) is 11.3 Å². The van der Waals surface area contributed by atoms with E-state index in [1.54, 1.807) is 18.2 Å². The van der Waals surface area contributed by atoms with Crippen molar-refractivity contribution >= 4 is 28.9 Å². The Bertz CT molecular complexity index is 733. The Morgan fingerprint density at radius 1 is 1.17 bits per heavy atom. The monoisotopic (exact) mass is 327 g/mol. The maximum atomic E-state index is 11.9. The molecule has 0 aliphatic rings. The molecule has 2 aromatic carbocycles. The van der Waals surface area contributed by atoms with Crippen LogP contribution in [0.15, 0.2) is 42.5 Å². The minimum Gasteiger partial charge on any atom is -0.376 e. The van der Waals surface area contributed by atoms with Crippen LogP contribution in [0.5, 0.6) is 0 Å². The topological polar surface area (TPSA) is 64.9 Å². The number of hydrogen-bond donors (Lipinski definition) is 2. The van der Waals surface area contributed by atoms with Gasteiger partial charge in [0, 0.05) is 11.4 Å². The second kappa shape index (κ2) is 7.66. The molecule has 0 aliphatic carbocycles. The van der Waals surface area contributed by atoms with Gasteiger partial charge in [-0.2, -0.15) is 5.26 Å². The van der Waals surface area contributed by atoms with E-state index in [-0.39, 0.29) is 12.5 Å². The van der Waals surface area contributed by atoms with E-state index in [2.05, 4.69) is 24.5 Å². The summed E-state index contributed by atoms with van der Waals surface area (Å²) in [6, 6.07) is 14.8. The summed E-state index contributed by atoms with van der Waals surface area (Å²) in [7, 11) is 0. The second-order valence-electron chi connectivity index (χ2n) is 5.48. The molecule has 23 heavy (non-hydrogen) atoms. The summed E-state index contributed by atoms with van der Waals surface area (Å²) in [5.74, 6) is 0.298. The summed E-state index contributed by atoms with van der Waals surface area (Å²) in [5.41, 5.74) is 3.10. The molecule has 2 rings (SSSR count). The summed E-state index contributed by atoms with van der Waals surface area (Å²) >= 11 is 5.94. The number of nitrogens with one attached hydrogen (secondary N) is 2. The van der Waals surface area contributed by atoms with E-state index in [1.165, 1.54) is 5.56 Å². The van der Waals surface area contributed by atoms with Gasteiger partial charge in [-0.15, -0.1) is 0 Å². The van der Waals surface area contributed by atoms with Crippen LogP contribution in [-0.4, -0.2) is 12.5 Å². The molecule has 0 saturated heterocycles. The van der Waals surface area contributed by atoms with Crippen molar-refractivity contribution in [3.05, 3.63) is 58.6 Å². The molecule has 0 fully saturated rings. The Morgan fingerprint density at radius 2 is 1.83 bits per heavy atom. The lowest BCUT2D eigenvalue weighted by Crippen LogP contribution is -2.21. The highest BCUT2D eigenvalue weighted by atomic mass is 35.5. The van der Waals surface area contributed by atoms with E-state index in [9.17, 15) is 4.79 Å². The van der Waals surface area contributed by atoms with Gasteiger partial charge < -0.3 is 10.6 Å². The molecular formula is C18H18ClN3O. The van der Waals surface area contributed by atoms with Crippen molar-refractivity contribution in [3.63, 3.8) is 0 Å². The molecule has 118 valence electrons. The van der Waals surface area contributed by atoms with Crippen LogP contribution in [-0.2, 0) is 4.79 Å². The fraction of sp³-hybridized carbons (Fsp3) is 0.222. The van der Waals surface area contributed by atoms with Gasteiger partial charge in [0.15, 0.2) is 0 Å². The van der Waals surface area contributed by atoms with Gasteiger partial charge >= 0.3 is 0 Å². The first-order valence-corrected chi connectivity index (χ1v) is 7.70. The van der Waals surface area contributed by atoms with Crippen LogP contribution >= 0.6 is 11.6 Å². The minimum absolute atomic E-state index is 0.151. The fourth-order valence-electron chi connectivity index (χ4n) is 2.06. The smallest absolute Gasteiger partial charge is 0.243 e. The standard InChI is InChI=1S/C18H18ClN3O/c1-12(2)13-3-6-15(7-4-13)21-11-18(23)22-16-8-5-14(10-20)17(19)9-16/h3-9,12,21H,11H2,1-2H3,(H,22,23). The number of hydrogen-bond acceptors (Lipinski definition) is 3. The molecule has 5 heteroatoms. The molecule has 0 saturated carbocycles. The Balaban J connectivity index is 1.90. The highest BCUT2D eigenvalue weighted by Crippen LogP contribution is 2.20. The summed E-state index contributed by atoms with van der Waals surface area (Å²) in [4.78, 5) is 11.9. The lowest BCUT2D eigenvalue weighted by Gasteiger charge is -2.10. The van der Waals surface area contributed by atoms with Crippen LogP contribution < -0.4 is 10.6 Å². The van der Waals surface area contributed by atoms with Crippen LogP contribution in [0.4, 0.5) is 11.4 Å². The van der Waals surface area contributed by atoms with Crippen molar-refractivity contribution in [2.45, 2.75) is 19.8 Å². The van der Waals surface area contributed by atoms with E-state index in [0.29, 0.717) is 22.2 Å². The Kier molecular flexibility index (Phi) is 5.61. The van der Waals surface area contributed by atoms with E-state index in [0.717, 1.165) is 5.69 Å². The molecule has 0 heterocycles. The first kappa shape index (κ1) is 16.9. The molecule has 0 aliphatic heterocycles. The summed E-state index contributed by atoms with van der Waals surface area (Å²) in [6.07, 6.45) is 0. The van der Waals surface area contributed by atoms with Crippen molar-refractivity contribution in [2.24, 2.45) is 0 Å². The van der Waals surface area contributed by atoms with Gasteiger partial charge in [0.25, 0.3) is 0 Å². The van der Waals surface area contributed by atoms with Gasteiger partial charge in [-0.05, 0) is 41.8 Å². The third-order valence-corrected chi connectivity index (χ3v) is 3.72. The number of halogens is 1. The zero-order chi connectivity index (χ0) is 16.8. The maximum absolute atomic E-state index is 11.9. The van der Waals surface area contributed by atoms with E-state index in [4.69, 9.17) is 16.9 Å². The number of nitrogens with zero attached hydrogens (tertiary/aromatic N) is 1. The van der Waals surface area contributed by atoms with Crippen LogP contribution in [0.3, 0.4) is 0 Å². The molecule has 2 N–H and O–H groups in total. The third kappa shape index (κ3) is 4.73. The predicted molar refractivity (Wildman–Crippen MR) is 93.8 cm³/mol. The predicted octanol–water partition coefficient (Wildman–Crippen LogP) is 4.39. The lowest BCUT2D eigenvalue weighted by atomic mass is 10.0. The van der Waals surface area contributed by atoms with E-state index in [1.807, 2.05) is 30.3 Å². The molecule has 2 aromatic rings. The molecule has 0 aromatic heterocycles. The van der Waals surface area contributed by atoms with Gasteiger partial charge in [-0.3, -0.25) is 4.79 Å². The third-order valence-electron chi connectivity index (χ3n) is 3.40. The average molecular weight is 328 g/mol. The molecule has 0 radical (unpaired) electrons. The van der Waals surface area contributed by atoms with Gasteiger partial charge in [-0.1, -0.05) is 37.6 Å². The zero-order valence-corrected chi connectivity index (χ0v) is 13.8. The molecule has 0 bridgehead atoms. The summed E-state index contributed by atoms with van der Waals surface area (Å²) < 4.78 is 0. The molecule has 4 nitrogen and oxygen atoms in total. The molecular weight excluding hydrogens is 310 g/mol. The lowest BCUT2D eigenvalue weighted by molar-refractivity contribution is -0.114. The van der Waals surface area contributed by atoms with Crippen molar-refractivity contribution in [3.8, 4) is 6.07 Å². The first-order chi connectivity index (χ1) is 11.0. The quantitative estimate of drug-likeness (QED) is 0.856. The van der Waals surface area contributed by atoms with Gasteiger partial charge in [0.2, 0.25) is 5.91 Å². The highest BCUT2D eigenvalue weighted by Gasteiger charge is 2.06. The van der Waals surface area contributed by atoms with Crippen molar-refractivity contribution in [1.29, 1.82) is 5.26 Å². The van der Waals surface area contributed by atoms with Gasteiger partial charge in [0.1, 0.15) is 6.07 Å². The number of rotatable bonds is 5. The molecule has 1 amide bonds. The van der Waals surface area contributed by atoms with Crippen LogP contribution in [0.2, 0.25) is 5.02 Å². The van der Waals surface area contributed by atoms with E-state index < -0.39 is 0 Å². The van der Waals surface area contributed by atoms with Crippen LogP contribution in [0.25, 0.3) is 0 Å². The number of anilines is 2. The van der Waals surface area contributed by atoms with Crippen LogP contribution in [0.1, 0.15) is 30.9 Å². The number of amides is 1. The molecule has 0 atom stereocenters. The second-order valence-corrected chi connectivity index (χ2v) is 5.89. The first-order valence-electron chi connectivity index (χ1n) is 7.33. The number of benzene rings is 2. The summed E-state index contributed by atoms with van der Waals surface area (Å²) in [6.45, 7) is 4.43. The Hall–Kier alpha value is -2.51. The highest BCUT2D eigenvalue weighted by molar-refractivity contribution is 6.32. The largest absolute Gasteiger partial charge is 0.376 e. The van der Waals surface area contributed by atoms with Gasteiger partial charge in [-0.25, -0.2) is 0 Å². The van der Waals surface area contributed by atoms with Gasteiger partial charge in [0.05, 0.1) is 17.1 Å². The normalized spacial score (nSPS) is 10.2. The molecule has 0 spiro atoms. The fourth-order valence-corrected chi connectivity index (χ4v) is 2.28. The maximum Gasteiger partial charge on any atom is 0.243 e. The minimum atomic E-state index is -0.182. The number of carbonyl (C=O) groups excluding carboxylic acids is 1. The zero-order valence-electron chi connectivity index (χ0n) is 13.1. The molecule has 0 unspecified atom stereocenters. The van der Waals surface area contributed by atoms with E-state index >= 15 is 0 Å².